The van der Waals surface area contributed by atoms with Crippen LogP contribution in [0.25, 0.3) is 0 Å². The van der Waals surface area contributed by atoms with Crippen LogP contribution >= 0.6 is 43.2 Å². The Morgan fingerprint density at radius 2 is 2.07 bits per heavy atom. The molecule has 0 N–H and O–H groups in total. The van der Waals surface area contributed by atoms with Crippen molar-refractivity contribution in [2.45, 2.75) is 50.8 Å². The molecule has 15 heavy (non-hydrogen) atoms. The van der Waals surface area contributed by atoms with E-state index in [2.05, 4.69) is 58.7 Å². The molecule has 1 aromatic rings. The van der Waals surface area contributed by atoms with Gasteiger partial charge in [0, 0.05) is 10.2 Å². The van der Waals surface area contributed by atoms with Crippen molar-refractivity contribution in [3.63, 3.8) is 0 Å². The summed E-state index contributed by atoms with van der Waals surface area (Å²) >= 11 is 9.00. The lowest BCUT2D eigenvalue weighted by molar-refractivity contribution is 0.457. The molecule has 1 rings (SSSR count). The molecule has 1 heterocycles. The Bertz CT molecular complexity index is 315. The lowest BCUT2D eigenvalue weighted by Gasteiger charge is -2.25. The molecule has 0 saturated carbocycles. The van der Waals surface area contributed by atoms with E-state index in [4.69, 9.17) is 0 Å². The van der Waals surface area contributed by atoms with Crippen LogP contribution in [0.3, 0.4) is 0 Å². The molecular weight excluding hydrogens is 336 g/mol. The smallest absolute Gasteiger partial charge is 0.0704 e. The van der Waals surface area contributed by atoms with E-state index in [-0.39, 0.29) is 0 Å². The Labute approximate surface area is 114 Å². The van der Waals surface area contributed by atoms with Crippen LogP contribution in [0.4, 0.5) is 0 Å². The third-order valence-corrected chi connectivity index (χ3v) is 5.35. The fourth-order valence-corrected chi connectivity index (χ4v) is 4.19. The van der Waals surface area contributed by atoms with Crippen LogP contribution in [-0.2, 0) is 10.7 Å². The Morgan fingerprint density at radius 1 is 1.40 bits per heavy atom. The van der Waals surface area contributed by atoms with Crippen molar-refractivity contribution in [1.82, 2.24) is 0 Å². The molecule has 86 valence electrons. The van der Waals surface area contributed by atoms with Crippen LogP contribution < -0.4 is 0 Å². The quantitative estimate of drug-likeness (QED) is 0.580. The Kier molecular flexibility index (Phi) is 5.33. The van der Waals surface area contributed by atoms with E-state index in [1.54, 1.807) is 0 Å². The van der Waals surface area contributed by atoms with Crippen molar-refractivity contribution in [2.75, 3.05) is 0 Å². The molecule has 0 spiro atoms. The van der Waals surface area contributed by atoms with Gasteiger partial charge in [-0.1, -0.05) is 49.5 Å². The number of hydrogen-bond acceptors (Lipinski definition) is 1. The molecule has 0 atom stereocenters. The minimum Gasteiger partial charge on any atom is -0.132 e. The SMILES string of the molecule is CCCCC(C)(C)c1cc(Br)sc1CBr. The maximum atomic E-state index is 3.58. The second-order valence-electron chi connectivity index (χ2n) is 4.51. The predicted molar refractivity (Wildman–Crippen MR) is 77.2 cm³/mol. The lowest BCUT2D eigenvalue weighted by Crippen LogP contribution is -2.17. The van der Waals surface area contributed by atoms with Gasteiger partial charge in [-0.3, -0.25) is 0 Å². The van der Waals surface area contributed by atoms with Crippen LogP contribution in [0.5, 0.6) is 0 Å². The predicted octanol–water partition coefficient (Wildman–Crippen LogP) is 5.87. The number of thiophene rings is 1. The number of rotatable bonds is 5. The zero-order chi connectivity index (χ0) is 11.5. The second kappa shape index (κ2) is 5.83. The normalized spacial score (nSPS) is 12.1. The van der Waals surface area contributed by atoms with Crippen LogP contribution in [0.2, 0.25) is 0 Å². The molecule has 0 unspecified atom stereocenters. The molecule has 0 saturated heterocycles. The van der Waals surface area contributed by atoms with Gasteiger partial charge in [0.1, 0.15) is 0 Å². The van der Waals surface area contributed by atoms with Gasteiger partial charge in [-0.25, -0.2) is 0 Å². The van der Waals surface area contributed by atoms with E-state index in [9.17, 15) is 0 Å². The highest BCUT2D eigenvalue weighted by molar-refractivity contribution is 9.11. The van der Waals surface area contributed by atoms with Gasteiger partial charge in [0.15, 0.2) is 0 Å². The molecule has 3 heteroatoms. The van der Waals surface area contributed by atoms with Gasteiger partial charge in [0.05, 0.1) is 3.79 Å². The third-order valence-electron chi connectivity index (χ3n) is 2.78. The Hall–Kier alpha value is 0.660. The average molecular weight is 354 g/mol. The Balaban J connectivity index is 2.91. The monoisotopic (exact) mass is 352 g/mol. The summed E-state index contributed by atoms with van der Waals surface area (Å²) in [5, 5.41) is 0.966. The minimum atomic E-state index is 0.307. The number of unbranched alkanes of at least 4 members (excludes halogenated alkanes) is 1. The van der Waals surface area contributed by atoms with Gasteiger partial charge in [-0.15, -0.1) is 11.3 Å². The van der Waals surface area contributed by atoms with Crippen molar-refractivity contribution in [3.05, 3.63) is 20.3 Å². The summed E-state index contributed by atoms with van der Waals surface area (Å²) in [7, 11) is 0. The van der Waals surface area contributed by atoms with E-state index >= 15 is 0 Å². The first-order chi connectivity index (χ1) is 7.01. The first-order valence-electron chi connectivity index (χ1n) is 5.36. The van der Waals surface area contributed by atoms with Crippen molar-refractivity contribution in [2.24, 2.45) is 0 Å². The maximum absolute atomic E-state index is 3.58. The highest BCUT2D eigenvalue weighted by Gasteiger charge is 2.24. The van der Waals surface area contributed by atoms with Gasteiger partial charge < -0.3 is 0 Å². The van der Waals surface area contributed by atoms with Crippen molar-refractivity contribution in [3.8, 4) is 0 Å². The second-order valence-corrected chi connectivity index (χ2v) is 7.59. The molecule has 0 radical (unpaired) electrons. The summed E-state index contributed by atoms with van der Waals surface area (Å²) in [5.41, 5.74) is 1.81. The van der Waals surface area contributed by atoms with Gasteiger partial charge >= 0.3 is 0 Å². The van der Waals surface area contributed by atoms with E-state index in [0.29, 0.717) is 5.41 Å². The van der Waals surface area contributed by atoms with E-state index in [0.717, 1.165) is 5.33 Å². The van der Waals surface area contributed by atoms with Gasteiger partial charge in [-0.05, 0) is 39.4 Å². The molecule has 0 aliphatic rings. The molecule has 0 amide bonds. The molecule has 0 fully saturated rings. The minimum absolute atomic E-state index is 0.307. The number of halogens is 2. The van der Waals surface area contributed by atoms with Gasteiger partial charge in [0.25, 0.3) is 0 Å². The summed E-state index contributed by atoms with van der Waals surface area (Å²) in [5.74, 6) is 0. The summed E-state index contributed by atoms with van der Waals surface area (Å²) in [6, 6.07) is 2.29. The fourth-order valence-electron chi connectivity index (χ4n) is 1.82. The van der Waals surface area contributed by atoms with Gasteiger partial charge in [0.2, 0.25) is 0 Å². The van der Waals surface area contributed by atoms with Crippen LogP contribution in [0.1, 0.15) is 50.5 Å². The number of hydrogen-bond donors (Lipinski definition) is 0. The molecule has 0 aromatic carbocycles. The summed E-state index contributed by atoms with van der Waals surface area (Å²) < 4.78 is 1.25. The first-order valence-corrected chi connectivity index (χ1v) is 8.09. The summed E-state index contributed by atoms with van der Waals surface area (Å²) in [4.78, 5) is 1.46. The van der Waals surface area contributed by atoms with E-state index in [1.807, 2.05) is 11.3 Å². The number of alkyl halides is 1. The van der Waals surface area contributed by atoms with Crippen molar-refractivity contribution >= 4 is 43.2 Å². The highest BCUT2D eigenvalue weighted by atomic mass is 79.9. The topological polar surface area (TPSA) is 0 Å². The standard InChI is InChI=1S/C12H18Br2S/c1-4-5-6-12(2,3)9-7-11(14)15-10(9)8-13/h7H,4-6,8H2,1-3H3. The van der Waals surface area contributed by atoms with Crippen LogP contribution in [0, 0.1) is 0 Å². The summed E-state index contributed by atoms with van der Waals surface area (Å²) in [6.07, 6.45) is 3.85. The molecular formula is C12H18Br2S. The highest BCUT2D eigenvalue weighted by Crippen LogP contribution is 2.39. The molecule has 0 bridgehead atoms. The molecule has 0 aliphatic carbocycles. The van der Waals surface area contributed by atoms with Gasteiger partial charge in [-0.2, -0.15) is 0 Å². The largest absolute Gasteiger partial charge is 0.132 e. The zero-order valence-electron chi connectivity index (χ0n) is 9.57. The Morgan fingerprint density at radius 3 is 2.60 bits per heavy atom. The molecule has 1 aromatic heterocycles. The summed E-state index contributed by atoms with van der Waals surface area (Å²) in [6.45, 7) is 6.96. The molecule has 0 nitrogen and oxygen atoms in total. The average Bonchev–Trinajstić information content (AvgIpc) is 2.57. The van der Waals surface area contributed by atoms with E-state index in [1.165, 1.54) is 33.5 Å². The molecule has 0 aliphatic heterocycles. The first kappa shape index (κ1) is 13.7. The fraction of sp³-hybridized carbons (Fsp3) is 0.667. The van der Waals surface area contributed by atoms with Crippen molar-refractivity contribution in [1.29, 1.82) is 0 Å². The van der Waals surface area contributed by atoms with Crippen molar-refractivity contribution < 1.29 is 0 Å². The lowest BCUT2D eigenvalue weighted by atomic mass is 9.80. The zero-order valence-corrected chi connectivity index (χ0v) is 13.6. The maximum Gasteiger partial charge on any atom is 0.0704 e. The van der Waals surface area contributed by atoms with E-state index < -0.39 is 0 Å². The third kappa shape index (κ3) is 3.57. The van der Waals surface area contributed by atoms with Crippen LogP contribution in [-0.4, -0.2) is 0 Å². The van der Waals surface area contributed by atoms with Crippen LogP contribution in [0.15, 0.2) is 9.85 Å².